The summed E-state index contributed by atoms with van der Waals surface area (Å²) in [6, 6.07) is 0.221. The third-order valence-corrected chi connectivity index (χ3v) is 4.60. The zero-order valence-electron chi connectivity index (χ0n) is 12.1. The van der Waals surface area contributed by atoms with Crippen LogP contribution in [0.25, 0.3) is 10.7 Å². The van der Waals surface area contributed by atoms with Crippen molar-refractivity contribution in [1.82, 2.24) is 24.8 Å². The Bertz CT molecular complexity index is 629. The molecule has 3 heterocycles. The molecule has 1 aliphatic rings. The molecule has 2 aromatic rings. The van der Waals surface area contributed by atoms with Crippen LogP contribution in [0.4, 0.5) is 0 Å². The number of amides is 1. The van der Waals surface area contributed by atoms with Gasteiger partial charge in [-0.3, -0.25) is 14.8 Å². The topological polar surface area (TPSA) is 62.2 Å². The lowest BCUT2D eigenvalue weighted by Gasteiger charge is -2.37. The van der Waals surface area contributed by atoms with Gasteiger partial charge in [0.25, 0.3) is 5.91 Å². The van der Waals surface area contributed by atoms with Gasteiger partial charge in [-0.15, -0.1) is 11.3 Å². The van der Waals surface area contributed by atoms with Crippen molar-refractivity contribution in [2.75, 3.05) is 26.7 Å². The minimum atomic E-state index is 0.0586. The Balaban J connectivity index is 1.78. The number of likely N-dealkylation sites (N-methyl/N-ethyl adjacent to an activating group) is 1. The molecule has 1 amide bonds. The fourth-order valence-electron chi connectivity index (χ4n) is 2.48. The second kappa shape index (κ2) is 5.87. The van der Waals surface area contributed by atoms with Gasteiger partial charge < -0.3 is 9.80 Å². The van der Waals surface area contributed by atoms with Gasteiger partial charge in [0.15, 0.2) is 0 Å². The minimum absolute atomic E-state index is 0.0586. The maximum absolute atomic E-state index is 12.6. The fourth-order valence-corrected chi connectivity index (χ4v) is 3.32. The largest absolute Gasteiger partial charge is 0.333 e. The summed E-state index contributed by atoms with van der Waals surface area (Å²) in [7, 11) is 2.08. The van der Waals surface area contributed by atoms with E-state index in [4.69, 9.17) is 0 Å². The lowest BCUT2D eigenvalue weighted by atomic mass is 10.2. The first kappa shape index (κ1) is 14.1. The summed E-state index contributed by atoms with van der Waals surface area (Å²) in [5.74, 6) is 0.0586. The van der Waals surface area contributed by atoms with Crippen LogP contribution >= 0.6 is 11.3 Å². The number of piperazine rings is 1. The fraction of sp³-hybridized carbons (Fsp3) is 0.429. The molecule has 0 bridgehead atoms. The third kappa shape index (κ3) is 2.93. The molecule has 7 heteroatoms. The molecule has 0 saturated carbocycles. The molecule has 0 N–H and O–H groups in total. The minimum Gasteiger partial charge on any atom is -0.333 e. The van der Waals surface area contributed by atoms with Crippen LogP contribution < -0.4 is 0 Å². The van der Waals surface area contributed by atoms with E-state index >= 15 is 0 Å². The van der Waals surface area contributed by atoms with Crippen LogP contribution in [0.3, 0.4) is 0 Å². The van der Waals surface area contributed by atoms with E-state index in [0.717, 1.165) is 24.6 Å². The van der Waals surface area contributed by atoms with Crippen LogP contribution in [0.2, 0.25) is 0 Å². The van der Waals surface area contributed by atoms with Crippen LogP contribution in [-0.4, -0.2) is 63.4 Å². The van der Waals surface area contributed by atoms with Crippen molar-refractivity contribution in [1.29, 1.82) is 0 Å². The van der Waals surface area contributed by atoms with E-state index < -0.39 is 0 Å². The van der Waals surface area contributed by atoms with Gasteiger partial charge in [-0.25, -0.2) is 4.98 Å². The average molecular weight is 303 g/mol. The number of hydrogen-bond acceptors (Lipinski definition) is 6. The Hall–Kier alpha value is -1.86. The van der Waals surface area contributed by atoms with Crippen LogP contribution in [0.5, 0.6) is 0 Å². The number of carbonyl (C=O) groups is 1. The van der Waals surface area contributed by atoms with Crippen molar-refractivity contribution >= 4 is 17.2 Å². The summed E-state index contributed by atoms with van der Waals surface area (Å²) >= 11 is 1.37. The van der Waals surface area contributed by atoms with Gasteiger partial charge in [0.1, 0.15) is 15.6 Å². The number of carbonyl (C=O) groups excluding carboxylic acids is 1. The Morgan fingerprint density at radius 3 is 2.86 bits per heavy atom. The van der Waals surface area contributed by atoms with Gasteiger partial charge in [0.05, 0.1) is 12.4 Å². The highest BCUT2D eigenvalue weighted by Crippen LogP contribution is 2.24. The maximum Gasteiger partial charge on any atom is 0.265 e. The molecule has 1 atom stereocenters. The quantitative estimate of drug-likeness (QED) is 0.838. The smallest absolute Gasteiger partial charge is 0.265 e. The molecule has 1 aliphatic heterocycles. The van der Waals surface area contributed by atoms with Gasteiger partial charge in [0, 0.05) is 38.1 Å². The second-order valence-corrected chi connectivity index (χ2v) is 6.26. The number of nitrogens with zero attached hydrogens (tertiary/aromatic N) is 5. The SMILES string of the molecule is C[C@@H]1CN(C)CCN1C(=O)c1cnc(-c2cnccn2)s1. The molecular formula is C14H17N5OS. The summed E-state index contributed by atoms with van der Waals surface area (Å²) in [4.78, 5) is 30.0. The Morgan fingerprint density at radius 1 is 1.29 bits per heavy atom. The number of hydrogen-bond donors (Lipinski definition) is 0. The normalized spacial score (nSPS) is 19.7. The van der Waals surface area contributed by atoms with Gasteiger partial charge in [0.2, 0.25) is 0 Å². The zero-order valence-corrected chi connectivity index (χ0v) is 12.9. The summed E-state index contributed by atoms with van der Waals surface area (Å²) in [6.07, 6.45) is 6.55. The van der Waals surface area contributed by atoms with Gasteiger partial charge in [-0.2, -0.15) is 0 Å². The van der Waals surface area contributed by atoms with Crippen molar-refractivity contribution in [2.45, 2.75) is 13.0 Å². The average Bonchev–Trinajstić information content (AvgIpc) is 2.97. The van der Waals surface area contributed by atoms with Crippen molar-refractivity contribution < 1.29 is 4.79 Å². The van der Waals surface area contributed by atoms with Crippen molar-refractivity contribution in [3.05, 3.63) is 29.7 Å². The zero-order chi connectivity index (χ0) is 14.8. The van der Waals surface area contributed by atoms with E-state index in [-0.39, 0.29) is 11.9 Å². The van der Waals surface area contributed by atoms with Gasteiger partial charge in [-0.1, -0.05) is 0 Å². The highest BCUT2D eigenvalue weighted by molar-refractivity contribution is 7.16. The summed E-state index contributed by atoms with van der Waals surface area (Å²) in [6.45, 7) is 4.65. The summed E-state index contributed by atoms with van der Waals surface area (Å²) in [5, 5.41) is 0.730. The summed E-state index contributed by atoms with van der Waals surface area (Å²) < 4.78 is 0. The molecule has 0 aliphatic carbocycles. The van der Waals surface area contributed by atoms with Crippen LogP contribution in [0, 0.1) is 0 Å². The summed E-state index contributed by atoms with van der Waals surface area (Å²) in [5.41, 5.74) is 0.702. The molecule has 110 valence electrons. The van der Waals surface area contributed by atoms with Crippen molar-refractivity contribution in [2.24, 2.45) is 0 Å². The molecule has 0 spiro atoms. The monoisotopic (exact) mass is 303 g/mol. The molecule has 0 radical (unpaired) electrons. The molecule has 6 nitrogen and oxygen atoms in total. The molecule has 1 fully saturated rings. The Morgan fingerprint density at radius 2 is 2.14 bits per heavy atom. The van der Waals surface area contributed by atoms with E-state index in [1.807, 2.05) is 4.90 Å². The van der Waals surface area contributed by atoms with Crippen molar-refractivity contribution in [3.8, 4) is 10.7 Å². The van der Waals surface area contributed by atoms with Gasteiger partial charge >= 0.3 is 0 Å². The molecule has 0 aromatic carbocycles. The van der Waals surface area contributed by atoms with E-state index in [2.05, 4.69) is 33.8 Å². The number of thiazole rings is 1. The standard InChI is InChI=1S/C14H17N5OS/c1-10-9-18(2)5-6-19(10)14(20)12-8-17-13(21-12)11-7-15-3-4-16-11/h3-4,7-8,10H,5-6,9H2,1-2H3/t10-/m1/s1. The van der Waals surface area contributed by atoms with Crippen LogP contribution in [0.1, 0.15) is 16.6 Å². The first-order valence-electron chi connectivity index (χ1n) is 6.87. The molecule has 3 rings (SSSR count). The van der Waals surface area contributed by atoms with Gasteiger partial charge in [-0.05, 0) is 14.0 Å². The molecule has 1 saturated heterocycles. The molecular weight excluding hydrogens is 286 g/mol. The molecule has 2 aromatic heterocycles. The predicted molar refractivity (Wildman–Crippen MR) is 81.1 cm³/mol. The van der Waals surface area contributed by atoms with E-state index in [9.17, 15) is 4.79 Å². The number of rotatable bonds is 2. The molecule has 21 heavy (non-hydrogen) atoms. The van der Waals surface area contributed by atoms with Crippen LogP contribution in [-0.2, 0) is 0 Å². The maximum atomic E-state index is 12.6. The lowest BCUT2D eigenvalue weighted by Crippen LogP contribution is -2.52. The first-order valence-corrected chi connectivity index (χ1v) is 7.68. The van der Waals surface area contributed by atoms with Crippen LogP contribution in [0.15, 0.2) is 24.8 Å². The van der Waals surface area contributed by atoms with E-state index in [0.29, 0.717) is 10.6 Å². The van der Waals surface area contributed by atoms with Crippen molar-refractivity contribution in [3.63, 3.8) is 0 Å². The second-order valence-electron chi connectivity index (χ2n) is 5.23. The Labute approximate surface area is 127 Å². The highest BCUT2D eigenvalue weighted by Gasteiger charge is 2.27. The highest BCUT2D eigenvalue weighted by atomic mass is 32.1. The van der Waals surface area contributed by atoms with E-state index in [1.165, 1.54) is 11.3 Å². The first-order chi connectivity index (χ1) is 10.1. The predicted octanol–water partition coefficient (Wildman–Crippen LogP) is 1.38. The number of aromatic nitrogens is 3. The third-order valence-electron chi connectivity index (χ3n) is 3.59. The lowest BCUT2D eigenvalue weighted by molar-refractivity contribution is 0.0538. The Kier molecular flexibility index (Phi) is 3.94. The molecule has 0 unspecified atom stereocenters. The van der Waals surface area contributed by atoms with E-state index in [1.54, 1.807) is 24.8 Å².